The number of urea groups is 1. The number of nitrogens with zero attached hydrogens (tertiary/aromatic N) is 5. The number of rotatable bonds is 6. The van der Waals surface area contributed by atoms with Crippen molar-refractivity contribution in [3.8, 4) is 0 Å². The zero-order valence-corrected chi connectivity index (χ0v) is 32.4. The highest BCUT2D eigenvalue weighted by Gasteiger charge is 2.40. The van der Waals surface area contributed by atoms with Crippen LogP contribution in [0.4, 0.5) is 16.3 Å². The fourth-order valence-electron chi connectivity index (χ4n) is 9.10. The molecule has 2 unspecified atom stereocenters. The van der Waals surface area contributed by atoms with E-state index in [9.17, 15) is 9.59 Å². The number of carbonyl (C=O) groups excluding carboxylic acids is 2. The van der Waals surface area contributed by atoms with E-state index in [-0.39, 0.29) is 29.9 Å². The Morgan fingerprint density at radius 2 is 1.71 bits per heavy atom. The Morgan fingerprint density at radius 1 is 0.927 bits per heavy atom. The van der Waals surface area contributed by atoms with Crippen molar-refractivity contribution in [2.45, 2.75) is 44.7 Å². The van der Waals surface area contributed by atoms with E-state index in [1.54, 1.807) is 6.20 Å². The molecule has 2 N–H and O–H groups in total. The van der Waals surface area contributed by atoms with Crippen LogP contribution in [0.15, 0.2) is 97.3 Å². The predicted octanol–water partition coefficient (Wildman–Crippen LogP) is 9.68. The third kappa shape index (κ3) is 6.33. The Balaban J connectivity index is 1.14. The Kier molecular flexibility index (Phi) is 9.30. The van der Waals surface area contributed by atoms with Crippen molar-refractivity contribution >= 4 is 68.8 Å². The van der Waals surface area contributed by atoms with Gasteiger partial charge in [-0.3, -0.25) is 4.79 Å². The lowest BCUT2D eigenvalue weighted by Gasteiger charge is -2.43. The molecule has 6 heterocycles. The predicted molar refractivity (Wildman–Crippen MR) is 221 cm³/mol. The van der Waals surface area contributed by atoms with Gasteiger partial charge in [-0.15, -0.1) is 0 Å². The van der Waals surface area contributed by atoms with Gasteiger partial charge in [-0.25, -0.2) is 9.78 Å². The molecule has 3 aromatic carbocycles. The highest BCUT2D eigenvalue weighted by atomic mass is 35.5. The zero-order chi connectivity index (χ0) is 37.8. The standard InChI is InChI=1S/C44H43Cl2N7O2/c1-27-9-7-21-53-40(29-13-15-30(45)16-14-29)33-25-31(46)26-35-37(33)38(41(53)36(27)28-10-4-3-5-11-28)39(48-35)43(54)49-34-12-6-19-47-42(34)51-23-17-32(18-24-51)52-22-8-20-50(2)44(52)55/h3-7,10-16,19,21,25-27,32,40,48H,8-9,17-18,20,22-24H2,1-2H3,(H,49,54). The normalized spacial score (nSPS) is 20.3. The van der Waals surface area contributed by atoms with E-state index in [4.69, 9.17) is 28.2 Å². The lowest BCUT2D eigenvalue weighted by Crippen LogP contribution is -2.54. The zero-order valence-electron chi connectivity index (χ0n) is 30.9. The van der Waals surface area contributed by atoms with E-state index in [1.165, 1.54) is 5.57 Å². The van der Waals surface area contributed by atoms with Crippen molar-refractivity contribution in [2.24, 2.45) is 5.92 Å². The van der Waals surface area contributed by atoms with Crippen molar-refractivity contribution < 1.29 is 9.59 Å². The molecule has 11 heteroatoms. The van der Waals surface area contributed by atoms with Crippen LogP contribution < -0.4 is 10.2 Å². The molecule has 2 saturated heterocycles. The van der Waals surface area contributed by atoms with Crippen LogP contribution in [0.5, 0.6) is 0 Å². The minimum atomic E-state index is -0.259. The second-order valence-corrected chi connectivity index (χ2v) is 16.0. The second kappa shape index (κ2) is 14.4. The molecular weight excluding hydrogens is 729 g/mol. The van der Waals surface area contributed by atoms with E-state index in [0.29, 0.717) is 21.4 Å². The van der Waals surface area contributed by atoms with Gasteiger partial charge < -0.3 is 29.9 Å². The number of H-pyrrole nitrogens is 1. The monoisotopic (exact) mass is 771 g/mol. The molecule has 0 saturated carbocycles. The van der Waals surface area contributed by atoms with Crippen LogP contribution in [0, 0.1) is 5.92 Å². The summed E-state index contributed by atoms with van der Waals surface area (Å²) >= 11 is 13.3. The molecule has 2 atom stereocenters. The van der Waals surface area contributed by atoms with E-state index in [2.05, 4.69) is 75.7 Å². The Labute approximate surface area is 331 Å². The molecule has 0 bridgehead atoms. The molecule has 0 radical (unpaired) electrons. The number of allylic oxidation sites excluding steroid dienone is 2. The van der Waals surface area contributed by atoms with Crippen LogP contribution in [-0.4, -0.2) is 75.9 Å². The molecule has 5 aromatic rings. The topological polar surface area (TPSA) is 87.8 Å². The minimum absolute atomic E-state index is 0.115. The molecule has 3 amide bonds. The van der Waals surface area contributed by atoms with E-state index >= 15 is 0 Å². The number of carbonyl (C=O) groups is 2. The Hall–Kier alpha value is -5.25. The number of piperidine rings is 1. The number of aromatic nitrogens is 2. The summed E-state index contributed by atoms with van der Waals surface area (Å²) in [6.45, 7) is 5.32. The van der Waals surface area contributed by atoms with Gasteiger partial charge in [0.15, 0.2) is 5.82 Å². The summed E-state index contributed by atoms with van der Waals surface area (Å²) in [4.78, 5) is 44.5. The van der Waals surface area contributed by atoms with Gasteiger partial charge in [-0.1, -0.05) is 78.7 Å². The average molecular weight is 773 g/mol. The van der Waals surface area contributed by atoms with Gasteiger partial charge in [0.25, 0.3) is 5.91 Å². The van der Waals surface area contributed by atoms with Crippen LogP contribution in [-0.2, 0) is 0 Å². The third-order valence-electron chi connectivity index (χ3n) is 11.7. The van der Waals surface area contributed by atoms with Crippen molar-refractivity contribution in [3.63, 3.8) is 0 Å². The lowest BCUT2D eigenvalue weighted by molar-refractivity contribution is 0.102. The largest absolute Gasteiger partial charge is 0.355 e. The summed E-state index contributed by atoms with van der Waals surface area (Å²) < 4.78 is 0. The van der Waals surface area contributed by atoms with Crippen LogP contribution in [0.25, 0.3) is 22.2 Å². The number of fused-ring (bicyclic) bond motifs is 2. The van der Waals surface area contributed by atoms with Gasteiger partial charge in [-0.2, -0.15) is 0 Å². The van der Waals surface area contributed by atoms with Crippen LogP contribution in [0.3, 0.4) is 0 Å². The number of hydrogen-bond acceptors (Lipinski definition) is 5. The van der Waals surface area contributed by atoms with E-state index in [0.717, 1.165) is 96.5 Å². The summed E-state index contributed by atoms with van der Waals surface area (Å²) in [5.74, 6) is 0.627. The summed E-state index contributed by atoms with van der Waals surface area (Å²) in [6.07, 6.45) is 9.67. The van der Waals surface area contributed by atoms with Crippen LogP contribution in [0.1, 0.15) is 71.4 Å². The van der Waals surface area contributed by atoms with E-state index < -0.39 is 0 Å². The first kappa shape index (κ1) is 35.5. The summed E-state index contributed by atoms with van der Waals surface area (Å²) in [6, 6.07) is 26.3. The minimum Gasteiger partial charge on any atom is -0.355 e. The quantitative estimate of drug-likeness (QED) is 0.180. The average Bonchev–Trinajstić information content (AvgIpc) is 3.49. The maximum atomic E-state index is 14.9. The molecular formula is C44H43Cl2N7O2. The summed E-state index contributed by atoms with van der Waals surface area (Å²) in [5.41, 5.74) is 8.10. The van der Waals surface area contributed by atoms with Gasteiger partial charge in [-0.05, 0) is 90.3 Å². The molecule has 280 valence electrons. The molecule has 4 aliphatic rings. The number of hydrogen-bond donors (Lipinski definition) is 2. The molecule has 55 heavy (non-hydrogen) atoms. The highest BCUT2D eigenvalue weighted by molar-refractivity contribution is 6.32. The van der Waals surface area contributed by atoms with Gasteiger partial charge in [0, 0.05) is 78.2 Å². The first-order valence-electron chi connectivity index (χ1n) is 19.2. The maximum absolute atomic E-state index is 14.9. The molecule has 2 aromatic heterocycles. The highest BCUT2D eigenvalue weighted by Crippen LogP contribution is 2.53. The number of anilines is 2. The molecule has 4 aliphatic heterocycles. The van der Waals surface area contributed by atoms with Crippen molar-refractivity contribution in [1.29, 1.82) is 0 Å². The van der Waals surface area contributed by atoms with Gasteiger partial charge in [0.1, 0.15) is 5.69 Å². The van der Waals surface area contributed by atoms with Crippen LogP contribution in [0.2, 0.25) is 10.0 Å². The molecule has 9 rings (SSSR count). The smallest absolute Gasteiger partial charge is 0.319 e. The van der Waals surface area contributed by atoms with Crippen LogP contribution >= 0.6 is 23.2 Å². The molecule has 0 spiro atoms. The number of pyridine rings is 1. The number of aromatic amines is 1. The van der Waals surface area contributed by atoms with E-state index in [1.807, 2.05) is 59.3 Å². The Bertz CT molecular complexity index is 2350. The third-order valence-corrected chi connectivity index (χ3v) is 12.1. The van der Waals surface area contributed by atoms with Gasteiger partial charge in [0.2, 0.25) is 0 Å². The number of nitrogens with one attached hydrogen (secondary N) is 2. The molecule has 0 aliphatic carbocycles. The van der Waals surface area contributed by atoms with Crippen molar-refractivity contribution in [3.05, 3.63) is 135 Å². The maximum Gasteiger partial charge on any atom is 0.319 e. The summed E-state index contributed by atoms with van der Waals surface area (Å²) in [7, 11) is 1.88. The number of benzene rings is 3. The summed E-state index contributed by atoms with van der Waals surface area (Å²) in [5, 5.41) is 5.51. The van der Waals surface area contributed by atoms with Crippen molar-refractivity contribution in [1.82, 2.24) is 24.7 Å². The Morgan fingerprint density at radius 3 is 2.49 bits per heavy atom. The number of halogens is 2. The fourth-order valence-corrected chi connectivity index (χ4v) is 9.45. The number of amides is 3. The second-order valence-electron chi connectivity index (χ2n) is 15.1. The van der Waals surface area contributed by atoms with Gasteiger partial charge >= 0.3 is 6.03 Å². The van der Waals surface area contributed by atoms with Gasteiger partial charge in [0.05, 0.1) is 17.4 Å². The molecule has 9 nitrogen and oxygen atoms in total. The van der Waals surface area contributed by atoms with Crippen molar-refractivity contribution in [2.75, 3.05) is 43.4 Å². The fraction of sp³-hybridized carbons (Fsp3) is 0.295. The lowest BCUT2D eigenvalue weighted by atomic mass is 9.82. The SMILES string of the molecule is CC1CC=CN2C(=C1c1ccccc1)c1c(C(=O)Nc3cccnc3N3CCC(N4CCCN(C)C4=O)CC3)[nH]c3cc(Cl)cc(c13)C2c1ccc(Cl)cc1. The molecule has 2 fully saturated rings. The first-order valence-corrected chi connectivity index (χ1v) is 19.9. The first-order chi connectivity index (χ1) is 26.8.